The number of halogens is 3. The van der Waals surface area contributed by atoms with E-state index in [0.717, 1.165) is 17.6 Å². The van der Waals surface area contributed by atoms with Crippen molar-refractivity contribution in [2.45, 2.75) is 6.18 Å². The molecule has 0 aliphatic heterocycles. The standard InChI is InChI=1S/C15H11F3N2O/c1-21-13-6-7-20-12(8-13)9-19-14(20)10-2-4-11(5-3-10)15(16,17)18/h2-9H,1H3. The maximum Gasteiger partial charge on any atom is 0.416 e. The average Bonchev–Trinajstić information content (AvgIpc) is 2.89. The Balaban J connectivity index is 2.04. The summed E-state index contributed by atoms with van der Waals surface area (Å²) in [7, 11) is 1.57. The Labute approximate surface area is 118 Å². The van der Waals surface area contributed by atoms with Gasteiger partial charge in [-0.3, -0.25) is 4.40 Å². The van der Waals surface area contributed by atoms with E-state index in [1.165, 1.54) is 12.1 Å². The number of hydrogen-bond acceptors (Lipinski definition) is 2. The fraction of sp³-hybridized carbons (Fsp3) is 0.133. The second kappa shape index (κ2) is 4.80. The fourth-order valence-electron chi connectivity index (χ4n) is 2.13. The van der Waals surface area contributed by atoms with Gasteiger partial charge in [0.05, 0.1) is 24.4 Å². The third-order valence-corrected chi connectivity index (χ3v) is 3.21. The first-order valence-electron chi connectivity index (χ1n) is 6.18. The predicted molar refractivity (Wildman–Crippen MR) is 72.2 cm³/mol. The number of benzene rings is 1. The Kier molecular flexibility index (Phi) is 3.08. The number of alkyl halides is 3. The lowest BCUT2D eigenvalue weighted by atomic mass is 10.1. The number of fused-ring (bicyclic) bond motifs is 1. The average molecular weight is 292 g/mol. The van der Waals surface area contributed by atoms with E-state index in [-0.39, 0.29) is 0 Å². The second-order valence-electron chi connectivity index (χ2n) is 4.52. The van der Waals surface area contributed by atoms with Crippen LogP contribution in [0.4, 0.5) is 13.2 Å². The van der Waals surface area contributed by atoms with Crippen LogP contribution in [0.2, 0.25) is 0 Å². The molecule has 0 fully saturated rings. The van der Waals surface area contributed by atoms with Gasteiger partial charge in [0.1, 0.15) is 11.6 Å². The minimum Gasteiger partial charge on any atom is -0.497 e. The van der Waals surface area contributed by atoms with E-state index in [1.807, 2.05) is 0 Å². The SMILES string of the molecule is COc1ccn2c(-c3ccc(C(F)(F)F)cc3)ncc2c1. The zero-order valence-electron chi connectivity index (χ0n) is 11.1. The molecule has 0 atom stereocenters. The number of imidazole rings is 1. The van der Waals surface area contributed by atoms with Crippen LogP contribution in [-0.2, 0) is 6.18 Å². The van der Waals surface area contributed by atoms with E-state index in [2.05, 4.69) is 4.98 Å². The van der Waals surface area contributed by atoms with Crippen LogP contribution >= 0.6 is 0 Å². The third kappa shape index (κ3) is 2.44. The van der Waals surface area contributed by atoms with Gasteiger partial charge in [0, 0.05) is 17.8 Å². The van der Waals surface area contributed by atoms with Crippen molar-refractivity contribution in [2.24, 2.45) is 0 Å². The van der Waals surface area contributed by atoms with Gasteiger partial charge in [0.2, 0.25) is 0 Å². The molecule has 2 heterocycles. The predicted octanol–water partition coefficient (Wildman–Crippen LogP) is 4.03. The first-order chi connectivity index (χ1) is 9.99. The number of pyridine rings is 1. The van der Waals surface area contributed by atoms with E-state index in [0.29, 0.717) is 17.1 Å². The summed E-state index contributed by atoms with van der Waals surface area (Å²) < 4.78 is 44.6. The highest BCUT2D eigenvalue weighted by molar-refractivity contribution is 5.63. The number of rotatable bonds is 2. The molecule has 6 heteroatoms. The molecule has 0 N–H and O–H groups in total. The Morgan fingerprint density at radius 1 is 1.10 bits per heavy atom. The van der Waals surface area contributed by atoms with Crippen LogP contribution in [-0.4, -0.2) is 16.5 Å². The summed E-state index contributed by atoms with van der Waals surface area (Å²) in [5.41, 5.74) is 0.756. The van der Waals surface area contributed by atoms with Gasteiger partial charge in [-0.15, -0.1) is 0 Å². The van der Waals surface area contributed by atoms with Gasteiger partial charge in [-0.05, 0) is 18.2 Å². The van der Waals surface area contributed by atoms with Crippen molar-refractivity contribution in [3.05, 3.63) is 54.4 Å². The molecule has 3 aromatic rings. The zero-order chi connectivity index (χ0) is 15.0. The van der Waals surface area contributed by atoms with Gasteiger partial charge < -0.3 is 4.74 Å². The van der Waals surface area contributed by atoms with Crippen LogP contribution in [0.5, 0.6) is 5.75 Å². The lowest BCUT2D eigenvalue weighted by Crippen LogP contribution is -2.04. The molecule has 0 amide bonds. The number of ether oxygens (including phenoxy) is 1. The minimum absolute atomic E-state index is 0.585. The molecular weight excluding hydrogens is 281 g/mol. The molecule has 108 valence electrons. The van der Waals surface area contributed by atoms with Crippen molar-refractivity contribution >= 4 is 5.52 Å². The van der Waals surface area contributed by atoms with Crippen LogP contribution in [0.15, 0.2) is 48.8 Å². The second-order valence-corrected chi connectivity index (χ2v) is 4.52. The molecule has 0 saturated heterocycles. The molecule has 3 nitrogen and oxygen atoms in total. The maximum absolute atomic E-state index is 12.6. The minimum atomic E-state index is -4.33. The largest absolute Gasteiger partial charge is 0.497 e. The van der Waals surface area contributed by atoms with Gasteiger partial charge >= 0.3 is 6.18 Å². The Morgan fingerprint density at radius 2 is 1.81 bits per heavy atom. The van der Waals surface area contributed by atoms with Crippen molar-refractivity contribution in [3.8, 4) is 17.1 Å². The van der Waals surface area contributed by atoms with E-state index >= 15 is 0 Å². The third-order valence-electron chi connectivity index (χ3n) is 3.21. The summed E-state index contributed by atoms with van der Waals surface area (Å²) in [6.07, 6.45) is -0.912. The lowest BCUT2D eigenvalue weighted by molar-refractivity contribution is -0.137. The van der Waals surface area contributed by atoms with Gasteiger partial charge in [-0.25, -0.2) is 4.98 Å². The highest BCUT2D eigenvalue weighted by atomic mass is 19.4. The fourth-order valence-corrected chi connectivity index (χ4v) is 2.13. The van der Waals surface area contributed by atoms with Crippen LogP contribution in [0, 0.1) is 0 Å². The van der Waals surface area contributed by atoms with Crippen LogP contribution in [0.25, 0.3) is 16.9 Å². The first-order valence-corrected chi connectivity index (χ1v) is 6.18. The van der Waals surface area contributed by atoms with Gasteiger partial charge in [-0.1, -0.05) is 12.1 Å². The van der Waals surface area contributed by atoms with Gasteiger partial charge in [-0.2, -0.15) is 13.2 Å². The Bertz CT molecular complexity index is 776. The van der Waals surface area contributed by atoms with Crippen LogP contribution < -0.4 is 4.74 Å². The smallest absolute Gasteiger partial charge is 0.416 e. The molecule has 0 aliphatic rings. The molecule has 21 heavy (non-hydrogen) atoms. The van der Waals surface area contributed by atoms with Crippen molar-refractivity contribution in [1.29, 1.82) is 0 Å². The molecule has 0 bridgehead atoms. The highest BCUT2D eigenvalue weighted by Gasteiger charge is 2.30. The van der Waals surface area contributed by atoms with Crippen LogP contribution in [0.1, 0.15) is 5.56 Å². The summed E-state index contributed by atoms with van der Waals surface area (Å²) in [5.74, 6) is 1.28. The first kappa shape index (κ1) is 13.5. The summed E-state index contributed by atoms with van der Waals surface area (Å²) in [6.45, 7) is 0. The summed E-state index contributed by atoms with van der Waals surface area (Å²) >= 11 is 0. The molecule has 3 rings (SSSR count). The molecule has 0 spiro atoms. The molecule has 1 aromatic carbocycles. The quantitative estimate of drug-likeness (QED) is 0.713. The number of hydrogen-bond donors (Lipinski definition) is 0. The molecule has 0 saturated carbocycles. The molecule has 0 aliphatic carbocycles. The van der Waals surface area contributed by atoms with E-state index < -0.39 is 11.7 Å². The number of methoxy groups -OCH3 is 1. The van der Waals surface area contributed by atoms with Crippen LogP contribution in [0.3, 0.4) is 0 Å². The molecule has 0 radical (unpaired) electrons. The van der Waals surface area contributed by atoms with Crippen molar-refractivity contribution in [1.82, 2.24) is 9.38 Å². The monoisotopic (exact) mass is 292 g/mol. The summed E-state index contributed by atoms with van der Waals surface area (Å²) in [5, 5.41) is 0. The van der Waals surface area contributed by atoms with E-state index in [9.17, 15) is 13.2 Å². The Hall–Kier alpha value is -2.50. The number of aromatic nitrogens is 2. The Morgan fingerprint density at radius 3 is 2.43 bits per heavy atom. The molecular formula is C15H11F3N2O. The number of nitrogens with zero attached hydrogens (tertiary/aromatic N) is 2. The maximum atomic E-state index is 12.6. The molecule has 2 aromatic heterocycles. The van der Waals surface area contributed by atoms with Crippen molar-refractivity contribution in [3.63, 3.8) is 0 Å². The highest BCUT2D eigenvalue weighted by Crippen LogP contribution is 2.31. The summed E-state index contributed by atoms with van der Waals surface area (Å²) in [6, 6.07) is 8.52. The normalized spacial score (nSPS) is 11.8. The zero-order valence-corrected chi connectivity index (χ0v) is 11.1. The topological polar surface area (TPSA) is 26.5 Å². The van der Waals surface area contributed by atoms with E-state index in [1.54, 1.807) is 36.0 Å². The summed E-state index contributed by atoms with van der Waals surface area (Å²) in [4.78, 5) is 4.26. The van der Waals surface area contributed by atoms with E-state index in [4.69, 9.17) is 4.74 Å². The molecule has 0 unspecified atom stereocenters. The van der Waals surface area contributed by atoms with Gasteiger partial charge in [0.15, 0.2) is 0 Å². The van der Waals surface area contributed by atoms with Gasteiger partial charge in [0.25, 0.3) is 0 Å². The lowest BCUT2D eigenvalue weighted by Gasteiger charge is -2.07. The van der Waals surface area contributed by atoms with Crippen molar-refractivity contribution in [2.75, 3.05) is 7.11 Å². The van der Waals surface area contributed by atoms with Crippen molar-refractivity contribution < 1.29 is 17.9 Å².